The highest BCUT2D eigenvalue weighted by molar-refractivity contribution is 5.85. The van der Waals surface area contributed by atoms with Crippen LogP contribution >= 0.6 is 24.8 Å². The van der Waals surface area contributed by atoms with E-state index in [1.54, 1.807) is 0 Å². The summed E-state index contributed by atoms with van der Waals surface area (Å²) >= 11 is 0. The first-order valence-electron chi connectivity index (χ1n) is 8.94. The Morgan fingerprint density at radius 1 is 1.04 bits per heavy atom. The van der Waals surface area contributed by atoms with Gasteiger partial charge in [0.15, 0.2) is 0 Å². The predicted octanol–water partition coefficient (Wildman–Crippen LogP) is 3.73. The van der Waals surface area contributed by atoms with Crippen molar-refractivity contribution in [2.45, 2.75) is 18.8 Å². The molecule has 2 unspecified atom stereocenters. The number of hydrogen-bond donors (Lipinski definition) is 1. The summed E-state index contributed by atoms with van der Waals surface area (Å²) < 4.78 is 38.8. The number of para-hydroxylation sites is 1. The second-order valence-electron chi connectivity index (χ2n) is 6.71. The van der Waals surface area contributed by atoms with Gasteiger partial charge in [0.1, 0.15) is 30.1 Å². The molecule has 0 saturated carbocycles. The Labute approximate surface area is 176 Å². The quantitative estimate of drug-likeness (QED) is 0.797. The lowest BCUT2D eigenvalue weighted by molar-refractivity contribution is -0.0618. The number of benzene rings is 2. The van der Waals surface area contributed by atoms with Gasteiger partial charge in [-0.25, -0.2) is 8.78 Å². The standard InChI is InChI=1S/C20H22F2N2O2.2ClH/c21-15-9-14(10-16(22)11-15)12-25-19-13-26-18-4-2-1-3-17(18)20(19)24-7-5-23-6-8-24;;/h1-4,9-11,19-20,23H,5-8,12-13H2;2*1H. The van der Waals surface area contributed by atoms with Crippen molar-refractivity contribution in [1.29, 1.82) is 0 Å². The van der Waals surface area contributed by atoms with Crippen molar-refractivity contribution in [1.82, 2.24) is 10.2 Å². The van der Waals surface area contributed by atoms with Crippen LogP contribution in [-0.2, 0) is 11.3 Å². The molecule has 8 heteroatoms. The Bertz CT molecular complexity index is 755. The van der Waals surface area contributed by atoms with Crippen molar-refractivity contribution in [3.63, 3.8) is 0 Å². The van der Waals surface area contributed by atoms with Gasteiger partial charge in [-0.15, -0.1) is 24.8 Å². The summed E-state index contributed by atoms with van der Waals surface area (Å²) in [7, 11) is 0. The van der Waals surface area contributed by atoms with Gasteiger partial charge in [0, 0.05) is 37.8 Å². The van der Waals surface area contributed by atoms with Crippen LogP contribution in [0.15, 0.2) is 42.5 Å². The van der Waals surface area contributed by atoms with Crippen molar-refractivity contribution in [3.05, 3.63) is 65.2 Å². The third-order valence-electron chi connectivity index (χ3n) is 4.92. The summed E-state index contributed by atoms with van der Waals surface area (Å²) in [5.41, 5.74) is 1.59. The Morgan fingerprint density at radius 2 is 1.71 bits per heavy atom. The molecule has 2 heterocycles. The Hall–Kier alpha value is -1.44. The molecule has 0 aliphatic carbocycles. The summed E-state index contributed by atoms with van der Waals surface area (Å²) in [6, 6.07) is 11.6. The molecule has 0 bridgehead atoms. The second kappa shape index (κ2) is 10.4. The maximum Gasteiger partial charge on any atom is 0.126 e. The smallest absolute Gasteiger partial charge is 0.126 e. The van der Waals surface area contributed by atoms with Gasteiger partial charge in [0.2, 0.25) is 0 Å². The Balaban J connectivity index is 0.00000140. The van der Waals surface area contributed by atoms with Crippen LogP contribution < -0.4 is 10.1 Å². The van der Waals surface area contributed by atoms with Crippen molar-refractivity contribution in [2.24, 2.45) is 0 Å². The number of halogens is 4. The average Bonchev–Trinajstić information content (AvgIpc) is 2.66. The van der Waals surface area contributed by atoms with E-state index in [1.807, 2.05) is 18.2 Å². The number of fused-ring (bicyclic) bond motifs is 1. The van der Waals surface area contributed by atoms with Crippen LogP contribution in [0, 0.1) is 11.6 Å². The van der Waals surface area contributed by atoms with Crippen LogP contribution in [0.1, 0.15) is 17.2 Å². The number of rotatable bonds is 4. The van der Waals surface area contributed by atoms with Gasteiger partial charge in [-0.1, -0.05) is 18.2 Å². The van der Waals surface area contributed by atoms with Crippen molar-refractivity contribution < 1.29 is 18.3 Å². The van der Waals surface area contributed by atoms with Crippen molar-refractivity contribution in [2.75, 3.05) is 32.8 Å². The van der Waals surface area contributed by atoms with Crippen LogP contribution in [0.3, 0.4) is 0 Å². The molecule has 28 heavy (non-hydrogen) atoms. The van der Waals surface area contributed by atoms with Crippen LogP contribution in [0.2, 0.25) is 0 Å². The lowest BCUT2D eigenvalue weighted by Gasteiger charge is -2.42. The second-order valence-corrected chi connectivity index (χ2v) is 6.71. The Morgan fingerprint density at radius 3 is 2.43 bits per heavy atom. The van der Waals surface area contributed by atoms with Gasteiger partial charge in [-0.2, -0.15) is 0 Å². The van der Waals surface area contributed by atoms with E-state index in [4.69, 9.17) is 9.47 Å². The zero-order chi connectivity index (χ0) is 17.9. The molecule has 2 aliphatic rings. The molecule has 4 rings (SSSR count). The fourth-order valence-electron chi connectivity index (χ4n) is 3.75. The summed E-state index contributed by atoms with van der Waals surface area (Å²) in [4.78, 5) is 2.40. The van der Waals surface area contributed by atoms with Gasteiger partial charge in [0.05, 0.1) is 12.6 Å². The third kappa shape index (κ3) is 5.13. The number of hydrogen-bond acceptors (Lipinski definition) is 4. The monoisotopic (exact) mass is 432 g/mol. The van der Waals surface area contributed by atoms with E-state index in [0.717, 1.165) is 43.6 Å². The van der Waals surface area contributed by atoms with E-state index < -0.39 is 11.6 Å². The average molecular weight is 433 g/mol. The zero-order valence-corrected chi connectivity index (χ0v) is 16.9. The molecule has 2 aromatic carbocycles. The highest BCUT2D eigenvalue weighted by Crippen LogP contribution is 2.37. The molecule has 0 radical (unpaired) electrons. The van der Waals surface area contributed by atoms with Crippen LogP contribution in [-0.4, -0.2) is 43.8 Å². The largest absolute Gasteiger partial charge is 0.490 e. The molecule has 154 valence electrons. The minimum Gasteiger partial charge on any atom is -0.490 e. The lowest BCUT2D eigenvalue weighted by atomic mass is 9.95. The third-order valence-corrected chi connectivity index (χ3v) is 4.92. The normalized spacial score (nSPS) is 21.6. The predicted molar refractivity (Wildman–Crippen MR) is 109 cm³/mol. The molecule has 4 nitrogen and oxygen atoms in total. The minimum atomic E-state index is -0.590. The van der Waals surface area contributed by atoms with Gasteiger partial charge in [-0.05, 0) is 23.8 Å². The molecule has 0 spiro atoms. The molecule has 2 aromatic rings. The molecule has 0 aromatic heterocycles. The van der Waals surface area contributed by atoms with E-state index in [1.165, 1.54) is 12.1 Å². The summed E-state index contributed by atoms with van der Waals surface area (Å²) in [5, 5.41) is 3.37. The molecule has 0 amide bonds. The molecule has 1 fully saturated rings. The molecular formula is C20H24Cl2F2N2O2. The van der Waals surface area contributed by atoms with Gasteiger partial charge in [0.25, 0.3) is 0 Å². The molecule has 1 saturated heterocycles. The van der Waals surface area contributed by atoms with Gasteiger partial charge >= 0.3 is 0 Å². The van der Waals surface area contributed by atoms with Crippen molar-refractivity contribution >= 4 is 24.8 Å². The van der Waals surface area contributed by atoms with Crippen LogP contribution in [0.4, 0.5) is 8.78 Å². The molecule has 2 atom stereocenters. The number of piperazine rings is 1. The maximum absolute atomic E-state index is 13.4. The summed E-state index contributed by atoms with van der Waals surface area (Å²) in [6.45, 7) is 4.28. The minimum absolute atomic E-state index is 0. The first-order valence-corrected chi connectivity index (χ1v) is 8.94. The molecule has 1 N–H and O–H groups in total. The van der Waals surface area contributed by atoms with E-state index in [0.29, 0.717) is 12.2 Å². The lowest BCUT2D eigenvalue weighted by Crippen LogP contribution is -2.51. The number of nitrogens with one attached hydrogen (secondary N) is 1. The fraction of sp³-hybridized carbons (Fsp3) is 0.400. The van der Waals surface area contributed by atoms with E-state index in [9.17, 15) is 8.78 Å². The molecule has 2 aliphatic heterocycles. The summed E-state index contributed by atoms with van der Waals surface area (Å²) in [5.74, 6) is -0.298. The summed E-state index contributed by atoms with van der Waals surface area (Å²) in [6.07, 6.45) is -0.200. The fourth-order valence-corrected chi connectivity index (χ4v) is 3.75. The number of ether oxygens (including phenoxy) is 2. The van der Waals surface area contributed by atoms with E-state index >= 15 is 0 Å². The first-order chi connectivity index (χ1) is 12.7. The molecular weight excluding hydrogens is 409 g/mol. The van der Waals surface area contributed by atoms with Gasteiger partial charge in [-0.3, -0.25) is 4.90 Å². The Kier molecular flexibility index (Phi) is 8.46. The van der Waals surface area contributed by atoms with E-state index in [-0.39, 0.29) is 43.6 Å². The zero-order valence-electron chi connectivity index (χ0n) is 15.3. The SMILES string of the molecule is Cl.Cl.Fc1cc(F)cc(COC2COc3ccccc3C2N2CCNCC2)c1. The first kappa shape index (κ1) is 22.8. The topological polar surface area (TPSA) is 33.7 Å². The number of nitrogens with zero attached hydrogens (tertiary/aromatic N) is 1. The van der Waals surface area contributed by atoms with E-state index in [2.05, 4.69) is 16.3 Å². The van der Waals surface area contributed by atoms with Gasteiger partial charge < -0.3 is 14.8 Å². The highest BCUT2D eigenvalue weighted by atomic mass is 35.5. The highest BCUT2D eigenvalue weighted by Gasteiger charge is 2.36. The van der Waals surface area contributed by atoms with Crippen LogP contribution in [0.25, 0.3) is 0 Å². The van der Waals surface area contributed by atoms with Crippen LogP contribution in [0.5, 0.6) is 5.75 Å². The maximum atomic E-state index is 13.4. The van der Waals surface area contributed by atoms with Crippen molar-refractivity contribution in [3.8, 4) is 5.75 Å².